The molecule has 2 saturated heterocycles. The van der Waals surface area contributed by atoms with E-state index in [4.69, 9.17) is 34.5 Å². The molecule has 2 aliphatic heterocycles. The van der Waals surface area contributed by atoms with Gasteiger partial charge < -0.3 is 50.9 Å². The second kappa shape index (κ2) is 11.8. The van der Waals surface area contributed by atoms with E-state index in [-0.39, 0.29) is 34.0 Å². The van der Waals surface area contributed by atoms with Crippen LogP contribution >= 0.6 is 15.6 Å². The third-order valence-corrected chi connectivity index (χ3v) is 8.54. The Balaban J connectivity index is 1.19. The van der Waals surface area contributed by atoms with Crippen LogP contribution in [0.1, 0.15) is 12.5 Å². The molecule has 25 heteroatoms. The average molecular weight is 676 g/mol. The van der Waals surface area contributed by atoms with Crippen LogP contribution in [-0.4, -0.2) is 119 Å². The van der Waals surface area contributed by atoms with Gasteiger partial charge in [-0.05, 0) is 0 Å². The Labute approximate surface area is 250 Å². The highest BCUT2D eigenvalue weighted by Gasteiger charge is 2.52. The van der Waals surface area contributed by atoms with Crippen molar-refractivity contribution < 1.29 is 62.2 Å². The summed E-state index contributed by atoms with van der Waals surface area (Å²) in [5, 5.41) is 31.7. The average Bonchev–Trinajstić information content (AvgIpc) is 3.73. The van der Waals surface area contributed by atoms with E-state index in [1.807, 2.05) is 0 Å². The van der Waals surface area contributed by atoms with Gasteiger partial charge in [0.2, 0.25) is 0 Å². The fourth-order valence-corrected chi connectivity index (χ4v) is 6.60. The number of nitrogens with two attached hydrogens (primary N) is 2. The highest BCUT2D eigenvalue weighted by atomic mass is 31.2. The second-order valence-corrected chi connectivity index (χ2v) is 12.5. The molecule has 10 N–H and O–H groups in total. The summed E-state index contributed by atoms with van der Waals surface area (Å²) in [5.41, 5.74) is 12.2. The summed E-state index contributed by atoms with van der Waals surface area (Å²) in [5.74, 6) is 0.0554. The number of aliphatic hydroxyl groups excluding tert-OH is 3. The number of fused-ring (bicyclic) bond motifs is 2. The van der Waals surface area contributed by atoms with Crippen molar-refractivity contribution in [1.82, 2.24) is 39.0 Å². The Morgan fingerprint density at radius 1 is 0.778 bits per heavy atom. The van der Waals surface area contributed by atoms with Crippen LogP contribution < -0.4 is 11.5 Å². The number of aromatic nitrogens is 8. The largest absolute Gasteiger partial charge is 0.472 e. The molecule has 45 heavy (non-hydrogen) atoms. The molecule has 6 rings (SSSR count). The van der Waals surface area contributed by atoms with Gasteiger partial charge in [0.25, 0.3) is 0 Å². The van der Waals surface area contributed by atoms with Crippen molar-refractivity contribution in [2.24, 2.45) is 0 Å². The molecule has 1 unspecified atom stereocenters. The summed E-state index contributed by atoms with van der Waals surface area (Å²) in [4.78, 5) is 53.3. The van der Waals surface area contributed by atoms with E-state index in [0.717, 1.165) is 12.7 Å². The number of phosphoric ester groups is 2. The van der Waals surface area contributed by atoms with E-state index in [0.29, 0.717) is 0 Å². The molecular formula is C20H26N10O13P2. The zero-order valence-electron chi connectivity index (χ0n) is 22.5. The zero-order valence-corrected chi connectivity index (χ0v) is 24.3. The predicted octanol–water partition coefficient (Wildman–Crippen LogP) is -2.68. The lowest BCUT2D eigenvalue weighted by Gasteiger charge is -2.24. The topological polar surface area (TPSA) is 341 Å². The van der Waals surface area contributed by atoms with Crippen LogP contribution in [-0.2, 0) is 32.2 Å². The van der Waals surface area contributed by atoms with Gasteiger partial charge in [-0.15, -0.1) is 0 Å². The fraction of sp³-hybridized carbons (Fsp3) is 0.500. The third-order valence-electron chi connectivity index (χ3n) is 7.04. The maximum absolute atomic E-state index is 13.0. The van der Waals surface area contributed by atoms with Crippen molar-refractivity contribution in [3.8, 4) is 0 Å². The van der Waals surface area contributed by atoms with Gasteiger partial charge in [0.1, 0.15) is 60.3 Å². The Kier molecular flexibility index (Phi) is 8.33. The molecule has 23 nitrogen and oxygen atoms in total. The first-order valence-electron chi connectivity index (χ1n) is 12.8. The Morgan fingerprint density at radius 2 is 1.27 bits per heavy atom. The molecule has 0 amide bonds. The van der Waals surface area contributed by atoms with Gasteiger partial charge >= 0.3 is 15.6 Å². The van der Waals surface area contributed by atoms with E-state index in [2.05, 4.69) is 29.9 Å². The van der Waals surface area contributed by atoms with Crippen molar-refractivity contribution in [3.05, 3.63) is 25.3 Å². The first-order chi connectivity index (χ1) is 21.3. The van der Waals surface area contributed by atoms with Crippen LogP contribution in [0, 0.1) is 0 Å². The minimum absolute atomic E-state index is 0.00707. The number of aliphatic hydroxyl groups is 3. The zero-order chi connectivity index (χ0) is 32.3. The lowest BCUT2D eigenvalue weighted by Crippen LogP contribution is -2.37. The van der Waals surface area contributed by atoms with Crippen LogP contribution in [0.4, 0.5) is 11.6 Å². The second-order valence-electron chi connectivity index (χ2n) is 9.85. The molecule has 244 valence electrons. The van der Waals surface area contributed by atoms with Gasteiger partial charge in [0.15, 0.2) is 35.4 Å². The predicted molar refractivity (Wildman–Crippen MR) is 144 cm³/mol. The number of nitrogens with zero attached hydrogens (tertiary/aromatic N) is 8. The molecule has 0 bridgehead atoms. The normalized spacial score (nSPS) is 30.4. The van der Waals surface area contributed by atoms with Crippen molar-refractivity contribution in [3.63, 3.8) is 0 Å². The Hall–Kier alpha value is -3.28. The van der Waals surface area contributed by atoms with Gasteiger partial charge in [-0.1, -0.05) is 0 Å². The molecule has 0 aliphatic carbocycles. The van der Waals surface area contributed by atoms with Crippen LogP contribution in [0.3, 0.4) is 0 Å². The third kappa shape index (κ3) is 6.02. The summed E-state index contributed by atoms with van der Waals surface area (Å²) in [6.07, 6.45) is -7.87. The summed E-state index contributed by atoms with van der Waals surface area (Å²) in [6, 6.07) is 0. The van der Waals surface area contributed by atoms with Crippen LogP contribution in [0.5, 0.6) is 0 Å². The first kappa shape index (κ1) is 31.7. The molecule has 2 fully saturated rings. The smallest absolute Gasteiger partial charge is 0.394 e. The highest BCUT2D eigenvalue weighted by molar-refractivity contribution is 7.47. The van der Waals surface area contributed by atoms with Crippen LogP contribution in [0.15, 0.2) is 25.3 Å². The van der Waals surface area contributed by atoms with Gasteiger partial charge in [0, 0.05) is 0 Å². The minimum Gasteiger partial charge on any atom is -0.394 e. The number of ether oxygens (including phenoxy) is 2. The first-order valence-corrected chi connectivity index (χ1v) is 15.8. The van der Waals surface area contributed by atoms with Gasteiger partial charge in [-0.2, -0.15) is 0 Å². The number of rotatable bonds is 10. The van der Waals surface area contributed by atoms with Gasteiger partial charge in [-0.25, -0.2) is 39.0 Å². The standard InChI is InChI=1S/C20H26N10O13P2/c21-15-9-17(25-3-23-15)29(5-27-9)19-11(32)13(7(1-31)40-19)43-45(37,38)39-2-8-14(42-44(34,35)36)12(33)20(41-8)30-6-28-10-16(22)24-4-26-18(10)30/h3-8,11-14,19-20,31-33H,1-2H2,(H,37,38)(H2,21,23,25)(H2,22,24,26)(H2,34,35,36)/t7-,8-,11-,12-,13-,14-,19-,20-/m1/s1. The molecule has 4 aromatic rings. The lowest BCUT2D eigenvalue weighted by molar-refractivity contribution is -0.0583. The van der Waals surface area contributed by atoms with E-state index in [1.54, 1.807) is 0 Å². The van der Waals surface area contributed by atoms with Gasteiger partial charge in [-0.3, -0.25) is 22.7 Å². The summed E-state index contributed by atoms with van der Waals surface area (Å²) in [6.45, 7) is -1.68. The molecule has 0 radical (unpaired) electrons. The molecule has 4 aromatic heterocycles. The Morgan fingerprint density at radius 3 is 1.76 bits per heavy atom. The maximum Gasteiger partial charge on any atom is 0.472 e. The summed E-state index contributed by atoms with van der Waals surface area (Å²) < 4.78 is 53.5. The molecule has 6 heterocycles. The van der Waals surface area contributed by atoms with Crippen LogP contribution in [0.25, 0.3) is 22.3 Å². The van der Waals surface area contributed by atoms with Gasteiger partial charge in [0.05, 0.1) is 25.9 Å². The quantitative estimate of drug-likeness (QED) is 0.0793. The Bertz CT molecular complexity index is 1800. The van der Waals surface area contributed by atoms with E-state index in [9.17, 15) is 39.1 Å². The van der Waals surface area contributed by atoms with Crippen molar-refractivity contribution >= 4 is 49.6 Å². The monoisotopic (exact) mass is 676 g/mol. The van der Waals surface area contributed by atoms with Crippen molar-refractivity contribution in [1.29, 1.82) is 0 Å². The number of imidazole rings is 2. The molecule has 2 aliphatic rings. The number of nitrogen functional groups attached to an aromatic ring is 2. The molecular weight excluding hydrogens is 650 g/mol. The van der Waals surface area contributed by atoms with Crippen molar-refractivity contribution in [2.45, 2.75) is 49.1 Å². The van der Waals surface area contributed by atoms with Crippen molar-refractivity contribution in [2.75, 3.05) is 24.7 Å². The lowest BCUT2D eigenvalue weighted by atomic mass is 10.1. The highest BCUT2D eigenvalue weighted by Crippen LogP contribution is 2.50. The summed E-state index contributed by atoms with van der Waals surface area (Å²) in [7, 11) is -10.4. The van der Waals surface area contributed by atoms with Crippen LogP contribution in [0.2, 0.25) is 0 Å². The van der Waals surface area contributed by atoms with E-state index in [1.165, 1.54) is 21.8 Å². The minimum atomic E-state index is -5.24. The number of anilines is 2. The number of hydrogen-bond donors (Lipinski definition) is 8. The SMILES string of the molecule is Nc1ncnc2c1ncn2[C@@H]1O[C@H](COP(=O)(O)O[C@H]2[C@@H](O)[C@H](n3cnc4c(N)ncnc43)O[C@@H]2CO)[C@@H](OP(=O)(O)O)[C@H]1O. The van der Waals surface area contributed by atoms with E-state index < -0.39 is 77.9 Å². The molecule has 0 saturated carbocycles. The fourth-order valence-electron chi connectivity index (χ4n) is 5.06. The molecule has 9 atom stereocenters. The maximum atomic E-state index is 13.0. The number of hydrogen-bond acceptors (Lipinski definition) is 18. The number of phosphoric acid groups is 2. The van der Waals surface area contributed by atoms with E-state index >= 15 is 0 Å². The molecule has 0 aromatic carbocycles. The summed E-state index contributed by atoms with van der Waals surface area (Å²) >= 11 is 0. The molecule has 0 spiro atoms.